The first kappa shape index (κ1) is 17.9. The fourth-order valence-electron chi connectivity index (χ4n) is 2.76. The number of hydrogen-bond donors (Lipinski definition) is 3. The molecule has 0 spiro atoms. The Labute approximate surface area is 152 Å². The Balaban J connectivity index is 1.52. The van der Waals surface area contributed by atoms with Crippen molar-refractivity contribution in [3.05, 3.63) is 65.7 Å². The van der Waals surface area contributed by atoms with E-state index in [4.69, 9.17) is 0 Å². The molecule has 0 fully saturated rings. The summed E-state index contributed by atoms with van der Waals surface area (Å²) in [7, 11) is 0. The summed E-state index contributed by atoms with van der Waals surface area (Å²) in [5, 5.41) is 6.46. The smallest absolute Gasteiger partial charge is 0.191 e. The maximum Gasteiger partial charge on any atom is 0.191 e. The molecule has 136 valence electrons. The van der Waals surface area contributed by atoms with Crippen LogP contribution in [0.25, 0.3) is 11.0 Å². The molecular weight excluding hydrogens is 329 g/mol. The molecule has 0 radical (unpaired) electrons. The van der Waals surface area contributed by atoms with Gasteiger partial charge in [0.15, 0.2) is 5.96 Å². The second-order valence-corrected chi connectivity index (χ2v) is 5.98. The van der Waals surface area contributed by atoms with Crippen LogP contribution in [-0.4, -0.2) is 35.6 Å². The zero-order valence-electron chi connectivity index (χ0n) is 14.9. The summed E-state index contributed by atoms with van der Waals surface area (Å²) in [6, 6.07) is 14.8. The number of hydrogen-bond acceptors (Lipinski definition) is 2. The summed E-state index contributed by atoms with van der Waals surface area (Å²) in [6.45, 7) is 4.04. The molecular formula is C20H24FN5. The van der Waals surface area contributed by atoms with Crippen LogP contribution in [0.4, 0.5) is 4.39 Å². The third-order valence-electron chi connectivity index (χ3n) is 4.05. The molecule has 1 heterocycles. The normalized spacial score (nSPS) is 11.7. The van der Waals surface area contributed by atoms with E-state index in [1.807, 2.05) is 43.3 Å². The minimum Gasteiger partial charge on any atom is -0.357 e. The maximum atomic E-state index is 13.7. The van der Waals surface area contributed by atoms with Crippen molar-refractivity contribution < 1.29 is 4.39 Å². The standard InChI is InChI=1S/C20H24FN5/c1-2-22-20(23-13-11-15-7-3-4-8-16(15)21)24-14-12-19-25-17-9-5-6-10-18(17)26-19/h3-10H,2,11-14H2,1H3,(H,25,26)(H2,22,23,24). The SMILES string of the molecule is CCNC(=NCCc1nc2ccccc2[nH]1)NCCc1ccccc1F. The number of aromatic nitrogens is 2. The van der Waals surface area contributed by atoms with Crippen LogP contribution in [0.15, 0.2) is 53.5 Å². The van der Waals surface area contributed by atoms with Crippen molar-refractivity contribution in [1.82, 2.24) is 20.6 Å². The molecule has 0 bridgehead atoms. The lowest BCUT2D eigenvalue weighted by Crippen LogP contribution is -2.38. The van der Waals surface area contributed by atoms with Gasteiger partial charge in [0.25, 0.3) is 0 Å². The summed E-state index contributed by atoms with van der Waals surface area (Å²) in [6.07, 6.45) is 1.35. The number of nitrogens with one attached hydrogen (secondary N) is 3. The van der Waals surface area contributed by atoms with Gasteiger partial charge in [0.2, 0.25) is 0 Å². The van der Waals surface area contributed by atoms with E-state index < -0.39 is 0 Å². The Bertz CT molecular complexity index is 838. The van der Waals surface area contributed by atoms with Crippen LogP contribution < -0.4 is 10.6 Å². The molecule has 0 aliphatic carbocycles. The van der Waals surface area contributed by atoms with Crippen molar-refractivity contribution >= 4 is 17.0 Å². The summed E-state index contributed by atoms with van der Waals surface area (Å²) in [4.78, 5) is 12.4. The maximum absolute atomic E-state index is 13.7. The summed E-state index contributed by atoms with van der Waals surface area (Å²) in [5.41, 5.74) is 2.72. The summed E-state index contributed by atoms with van der Waals surface area (Å²) >= 11 is 0. The summed E-state index contributed by atoms with van der Waals surface area (Å²) < 4.78 is 13.7. The Kier molecular flexibility index (Phi) is 6.19. The van der Waals surface area contributed by atoms with Crippen molar-refractivity contribution in [1.29, 1.82) is 0 Å². The zero-order valence-corrected chi connectivity index (χ0v) is 14.9. The Morgan fingerprint density at radius 2 is 1.88 bits per heavy atom. The Morgan fingerprint density at radius 1 is 1.08 bits per heavy atom. The predicted molar refractivity (Wildman–Crippen MR) is 104 cm³/mol. The molecule has 6 heteroatoms. The van der Waals surface area contributed by atoms with Crippen molar-refractivity contribution in [2.24, 2.45) is 4.99 Å². The largest absolute Gasteiger partial charge is 0.357 e. The van der Waals surface area contributed by atoms with Crippen LogP contribution in [0, 0.1) is 5.82 Å². The fourth-order valence-corrected chi connectivity index (χ4v) is 2.76. The molecule has 3 N–H and O–H groups in total. The molecule has 3 rings (SSSR count). The molecule has 1 aromatic heterocycles. The molecule has 0 amide bonds. The number of halogens is 1. The lowest BCUT2D eigenvalue weighted by Gasteiger charge is -2.11. The highest BCUT2D eigenvalue weighted by Gasteiger charge is 2.03. The number of aromatic amines is 1. The van der Waals surface area contributed by atoms with Gasteiger partial charge in [0, 0.05) is 26.1 Å². The highest BCUT2D eigenvalue weighted by atomic mass is 19.1. The molecule has 0 aliphatic heterocycles. The molecule has 0 atom stereocenters. The molecule has 5 nitrogen and oxygen atoms in total. The highest BCUT2D eigenvalue weighted by molar-refractivity contribution is 5.79. The number of imidazole rings is 1. The first-order valence-corrected chi connectivity index (χ1v) is 8.95. The van der Waals surface area contributed by atoms with Crippen LogP contribution in [0.1, 0.15) is 18.3 Å². The van der Waals surface area contributed by atoms with E-state index in [2.05, 4.69) is 25.6 Å². The van der Waals surface area contributed by atoms with Gasteiger partial charge in [0.05, 0.1) is 11.0 Å². The number of fused-ring (bicyclic) bond motifs is 1. The quantitative estimate of drug-likeness (QED) is 0.452. The van der Waals surface area contributed by atoms with Crippen LogP contribution in [-0.2, 0) is 12.8 Å². The third-order valence-corrected chi connectivity index (χ3v) is 4.05. The van der Waals surface area contributed by atoms with Crippen LogP contribution in [0.5, 0.6) is 0 Å². The average molecular weight is 353 g/mol. The Morgan fingerprint density at radius 3 is 2.69 bits per heavy atom. The topological polar surface area (TPSA) is 65.1 Å². The average Bonchev–Trinajstić information content (AvgIpc) is 3.06. The fraction of sp³-hybridized carbons (Fsp3) is 0.300. The lowest BCUT2D eigenvalue weighted by atomic mass is 10.1. The van der Waals surface area contributed by atoms with E-state index in [9.17, 15) is 4.39 Å². The van der Waals surface area contributed by atoms with Crippen molar-refractivity contribution in [3.8, 4) is 0 Å². The molecule has 0 unspecified atom stereocenters. The minimum atomic E-state index is -0.166. The van der Waals surface area contributed by atoms with Crippen molar-refractivity contribution in [2.75, 3.05) is 19.6 Å². The van der Waals surface area contributed by atoms with E-state index in [1.165, 1.54) is 6.07 Å². The number of nitrogens with zero attached hydrogens (tertiary/aromatic N) is 2. The molecule has 2 aromatic carbocycles. The Hall–Kier alpha value is -2.89. The lowest BCUT2D eigenvalue weighted by molar-refractivity contribution is 0.606. The molecule has 0 aliphatic rings. The molecule has 3 aromatic rings. The van der Waals surface area contributed by atoms with E-state index in [0.717, 1.165) is 35.8 Å². The highest BCUT2D eigenvalue weighted by Crippen LogP contribution is 2.10. The molecule has 0 saturated heterocycles. The number of H-pyrrole nitrogens is 1. The number of guanidine groups is 1. The van der Waals surface area contributed by atoms with Gasteiger partial charge in [-0.05, 0) is 37.1 Å². The van der Waals surface area contributed by atoms with E-state index in [0.29, 0.717) is 25.1 Å². The first-order valence-electron chi connectivity index (χ1n) is 8.95. The first-order chi connectivity index (χ1) is 12.8. The van der Waals surface area contributed by atoms with Crippen LogP contribution in [0.2, 0.25) is 0 Å². The van der Waals surface area contributed by atoms with Gasteiger partial charge in [0.1, 0.15) is 11.6 Å². The number of benzene rings is 2. The minimum absolute atomic E-state index is 0.166. The summed E-state index contributed by atoms with van der Waals surface area (Å²) in [5.74, 6) is 1.50. The van der Waals surface area contributed by atoms with Gasteiger partial charge in [-0.3, -0.25) is 4.99 Å². The van der Waals surface area contributed by atoms with E-state index in [1.54, 1.807) is 6.07 Å². The van der Waals surface area contributed by atoms with Crippen molar-refractivity contribution in [2.45, 2.75) is 19.8 Å². The predicted octanol–water partition coefficient (Wildman–Crippen LogP) is 3.04. The van der Waals surface area contributed by atoms with E-state index >= 15 is 0 Å². The van der Waals surface area contributed by atoms with Crippen LogP contribution >= 0.6 is 0 Å². The van der Waals surface area contributed by atoms with Crippen molar-refractivity contribution in [3.63, 3.8) is 0 Å². The van der Waals surface area contributed by atoms with Gasteiger partial charge >= 0.3 is 0 Å². The van der Waals surface area contributed by atoms with Gasteiger partial charge in [-0.2, -0.15) is 0 Å². The zero-order chi connectivity index (χ0) is 18.2. The second kappa shape index (κ2) is 8.99. The molecule has 26 heavy (non-hydrogen) atoms. The van der Waals surface area contributed by atoms with Gasteiger partial charge < -0.3 is 15.6 Å². The van der Waals surface area contributed by atoms with Gasteiger partial charge in [-0.1, -0.05) is 30.3 Å². The number of aliphatic imine (C=N–C) groups is 1. The number of rotatable bonds is 7. The molecule has 0 saturated carbocycles. The number of para-hydroxylation sites is 2. The van der Waals surface area contributed by atoms with Gasteiger partial charge in [-0.15, -0.1) is 0 Å². The van der Waals surface area contributed by atoms with Crippen LogP contribution in [0.3, 0.4) is 0 Å². The van der Waals surface area contributed by atoms with Gasteiger partial charge in [-0.25, -0.2) is 9.37 Å². The second-order valence-electron chi connectivity index (χ2n) is 5.98. The monoisotopic (exact) mass is 353 g/mol. The third kappa shape index (κ3) is 4.81. The van der Waals surface area contributed by atoms with E-state index in [-0.39, 0.29) is 5.82 Å².